The third-order valence-corrected chi connectivity index (χ3v) is 6.11. The molecule has 1 saturated heterocycles. The van der Waals surface area contributed by atoms with Gasteiger partial charge in [0.15, 0.2) is 6.29 Å². The van der Waals surface area contributed by atoms with Crippen LogP contribution in [0.1, 0.15) is 23.6 Å². The molecule has 0 bridgehead atoms. The Morgan fingerprint density at radius 3 is 1.61 bits per heavy atom. The maximum Gasteiger partial charge on any atom is 0.184 e. The Morgan fingerprint density at radius 2 is 1.17 bits per heavy atom. The van der Waals surface area contributed by atoms with Crippen LogP contribution in [-0.2, 0) is 38.8 Å². The van der Waals surface area contributed by atoms with Crippen LogP contribution in [0.15, 0.2) is 96.1 Å². The number of azide groups is 1. The monoisotopic (exact) mass is 489 g/mol. The van der Waals surface area contributed by atoms with Crippen molar-refractivity contribution in [1.29, 1.82) is 0 Å². The number of rotatable bonds is 11. The first kappa shape index (κ1) is 25.9. The van der Waals surface area contributed by atoms with Gasteiger partial charge in [-0.25, -0.2) is 0 Å². The van der Waals surface area contributed by atoms with Gasteiger partial charge >= 0.3 is 0 Å². The molecule has 36 heavy (non-hydrogen) atoms. The lowest BCUT2D eigenvalue weighted by Gasteiger charge is -2.45. The molecular formula is C28H31N3O5. The molecular weight excluding hydrogens is 458 g/mol. The van der Waals surface area contributed by atoms with Crippen molar-refractivity contribution in [2.45, 2.75) is 63.5 Å². The van der Waals surface area contributed by atoms with Crippen LogP contribution in [0.2, 0.25) is 0 Å². The van der Waals surface area contributed by atoms with Gasteiger partial charge in [0.25, 0.3) is 0 Å². The lowest BCUT2D eigenvalue weighted by molar-refractivity contribution is -0.313. The van der Waals surface area contributed by atoms with Gasteiger partial charge in [0.1, 0.15) is 18.3 Å². The molecule has 0 radical (unpaired) electrons. The molecule has 1 fully saturated rings. The van der Waals surface area contributed by atoms with Crippen LogP contribution in [0.3, 0.4) is 0 Å². The second-order valence-corrected chi connectivity index (χ2v) is 8.72. The van der Waals surface area contributed by atoms with E-state index in [0.717, 1.165) is 16.7 Å². The number of hydrogen-bond donors (Lipinski definition) is 1. The van der Waals surface area contributed by atoms with Crippen LogP contribution in [0.4, 0.5) is 0 Å². The van der Waals surface area contributed by atoms with Gasteiger partial charge in [0.05, 0.1) is 32.0 Å². The van der Waals surface area contributed by atoms with Gasteiger partial charge in [-0.1, -0.05) is 103 Å². The van der Waals surface area contributed by atoms with E-state index >= 15 is 0 Å². The summed E-state index contributed by atoms with van der Waals surface area (Å²) < 4.78 is 24.8. The highest BCUT2D eigenvalue weighted by atomic mass is 16.7. The molecule has 1 aliphatic rings. The van der Waals surface area contributed by atoms with Crippen molar-refractivity contribution in [2.24, 2.45) is 5.11 Å². The molecule has 0 spiro atoms. The second kappa shape index (κ2) is 13.2. The number of hydrogen-bond acceptors (Lipinski definition) is 6. The molecule has 6 atom stereocenters. The second-order valence-electron chi connectivity index (χ2n) is 8.72. The molecule has 1 N–H and O–H groups in total. The molecule has 3 aromatic rings. The fraction of sp³-hybridized carbons (Fsp3) is 0.357. The SMILES string of the molecule is C[C@@H](N=[N+]=[N-])[C@H]1OC(O)[C@H](OCc2ccccc2)[C@@H](OCc2ccccc2)[C@@H]1OCc1ccccc1. The molecule has 0 aliphatic carbocycles. The van der Waals surface area contributed by atoms with Crippen molar-refractivity contribution in [1.82, 2.24) is 0 Å². The smallest absolute Gasteiger partial charge is 0.184 e. The van der Waals surface area contributed by atoms with Crippen molar-refractivity contribution in [3.8, 4) is 0 Å². The van der Waals surface area contributed by atoms with Gasteiger partial charge < -0.3 is 24.1 Å². The molecule has 1 aliphatic heterocycles. The number of nitrogens with zero attached hydrogens (tertiary/aromatic N) is 3. The summed E-state index contributed by atoms with van der Waals surface area (Å²) >= 11 is 0. The van der Waals surface area contributed by atoms with E-state index in [1.807, 2.05) is 91.0 Å². The van der Waals surface area contributed by atoms with E-state index in [9.17, 15) is 5.11 Å². The summed E-state index contributed by atoms with van der Waals surface area (Å²) in [6.45, 7) is 2.58. The van der Waals surface area contributed by atoms with Crippen LogP contribution in [0.5, 0.6) is 0 Å². The molecule has 4 rings (SSSR count). The Labute approximate surface area is 211 Å². The van der Waals surface area contributed by atoms with E-state index in [1.54, 1.807) is 6.92 Å². The molecule has 0 amide bonds. The molecule has 8 heteroatoms. The Hall–Kier alpha value is -3.23. The third-order valence-electron chi connectivity index (χ3n) is 6.11. The van der Waals surface area contributed by atoms with E-state index < -0.39 is 36.7 Å². The highest BCUT2D eigenvalue weighted by Crippen LogP contribution is 2.31. The molecule has 0 saturated carbocycles. The summed E-state index contributed by atoms with van der Waals surface area (Å²) in [5.74, 6) is 0. The maximum absolute atomic E-state index is 11.0. The average Bonchev–Trinajstić information content (AvgIpc) is 2.92. The molecule has 1 unspecified atom stereocenters. The fourth-order valence-electron chi connectivity index (χ4n) is 4.24. The zero-order valence-corrected chi connectivity index (χ0v) is 20.2. The maximum atomic E-state index is 11.0. The van der Waals surface area contributed by atoms with Gasteiger partial charge in [-0.05, 0) is 22.2 Å². The van der Waals surface area contributed by atoms with Crippen LogP contribution >= 0.6 is 0 Å². The number of aliphatic hydroxyl groups excluding tert-OH is 1. The summed E-state index contributed by atoms with van der Waals surface area (Å²) in [6, 6.07) is 28.6. The van der Waals surface area contributed by atoms with Crippen molar-refractivity contribution >= 4 is 0 Å². The highest BCUT2D eigenvalue weighted by Gasteiger charge is 2.49. The van der Waals surface area contributed by atoms with E-state index in [2.05, 4.69) is 10.0 Å². The zero-order valence-electron chi connectivity index (χ0n) is 20.2. The van der Waals surface area contributed by atoms with Gasteiger partial charge in [-0.2, -0.15) is 0 Å². The first-order valence-electron chi connectivity index (χ1n) is 12.0. The molecule has 3 aromatic carbocycles. The van der Waals surface area contributed by atoms with Crippen molar-refractivity contribution in [3.05, 3.63) is 118 Å². The van der Waals surface area contributed by atoms with Gasteiger partial charge in [0, 0.05) is 4.91 Å². The highest BCUT2D eigenvalue weighted by molar-refractivity contribution is 5.15. The molecule has 1 heterocycles. The van der Waals surface area contributed by atoms with E-state index in [1.165, 1.54) is 0 Å². The van der Waals surface area contributed by atoms with E-state index in [4.69, 9.17) is 24.5 Å². The fourth-order valence-corrected chi connectivity index (χ4v) is 4.24. The summed E-state index contributed by atoms with van der Waals surface area (Å²) in [4.78, 5) is 2.94. The van der Waals surface area contributed by atoms with Crippen molar-refractivity contribution < 1.29 is 24.1 Å². The van der Waals surface area contributed by atoms with Gasteiger partial charge in [-0.3, -0.25) is 0 Å². The quantitative estimate of drug-likeness (QED) is 0.228. The van der Waals surface area contributed by atoms with Crippen LogP contribution in [0, 0.1) is 0 Å². The first-order chi connectivity index (χ1) is 17.7. The van der Waals surface area contributed by atoms with Crippen LogP contribution in [0.25, 0.3) is 10.4 Å². The number of benzene rings is 3. The van der Waals surface area contributed by atoms with Gasteiger partial charge in [0.2, 0.25) is 0 Å². The Morgan fingerprint density at radius 1 is 0.750 bits per heavy atom. The normalized spacial score (nSPS) is 24.6. The Bertz CT molecular complexity index is 1100. The average molecular weight is 490 g/mol. The van der Waals surface area contributed by atoms with Crippen LogP contribution < -0.4 is 0 Å². The summed E-state index contributed by atoms with van der Waals surface area (Å²) in [7, 11) is 0. The van der Waals surface area contributed by atoms with Gasteiger partial charge in [-0.15, -0.1) is 0 Å². The first-order valence-corrected chi connectivity index (χ1v) is 12.0. The molecule has 8 nitrogen and oxygen atoms in total. The lowest BCUT2D eigenvalue weighted by Crippen LogP contribution is -2.62. The predicted molar refractivity (Wildman–Crippen MR) is 135 cm³/mol. The predicted octanol–water partition coefficient (Wildman–Crippen LogP) is 5.16. The Balaban J connectivity index is 1.60. The number of aliphatic hydroxyl groups is 1. The van der Waals surface area contributed by atoms with Crippen LogP contribution in [-0.4, -0.2) is 41.9 Å². The molecule has 188 valence electrons. The minimum Gasteiger partial charge on any atom is -0.368 e. The topological polar surface area (TPSA) is 106 Å². The standard InChI is InChI=1S/C28H31N3O5/c1-20(30-31-29)24-25(33-17-21-11-5-2-6-12-21)26(34-18-22-13-7-3-8-14-22)27(28(32)36-24)35-19-23-15-9-4-10-16-23/h2-16,20,24-28,32H,17-19H2,1H3/t20-,24-,25-,26+,27-,28?/m1/s1. The van der Waals surface area contributed by atoms with E-state index in [0.29, 0.717) is 6.61 Å². The minimum absolute atomic E-state index is 0.263. The lowest BCUT2D eigenvalue weighted by atomic mass is 9.94. The molecule has 0 aromatic heterocycles. The zero-order chi connectivity index (χ0) is 25.2. The number of ether oxygens (including phenoxy) is 4. The summed E-state index contributed by atoms with van der Waals surface area (Å²) in [5.41, 5.74) is 12.0. The minimum atomic E-state index is -1.30. The Kier molecular flexibility index (Phi) is 9.47. The third kappa shape index (κ3) is 6.92. The summed E-state index contributed by atoms with van der Waals surface area (Å²) in [6.07, 6.45) is -4.23. The largest absolute Gasteiger partial charge is 0.368 e. The van der Waals surface area contributed by atoms with Crippen molar-refractivity contribution in [3.63, 3.8) is 0 Å². The van der Waals surface area contributed by atoms with Crippen molar-refractivity contribution in [2.75, 3.05) is 0 Å². The van der Waals surface area contributed by atoms with E-state index in [-0.39, 0.29) is 13.2 Å². The summed E-state index contributed by atoms with van der Waals surface area (Å²) in [5, 5.41) is 14.8.